The molecule has 3 nitrogen and oxygen atoms in total. The standard InChI is InChI=1S/C21H19NO2/c23-15-17-9-6-11-19(14-17)22-21(24)20-12-5-4-10-18(20)13-16-7-2-1-3-8-16/h1-12,14,23H,13,15H2,(H,22,24). The number of benzene rings is 3. The molecule has 24 heavy (non-hydrogen) atoms. The summed E-state index contributed by atoms with van der Waals surface area (Å²) < 4.78 is 0. The van der Waals surface area contributed by atoms with Crippen LogP contribution in [0.4, 0.5) is 5.69 Å². The van der Waals surface area contributed by atoms with Crippen molar-refractivity contribution in [2.75, 3.05) is 5.32 Å². The zero-order valence-electron chi connectivity index (χ0n) is 13.3. The molecule has 0 aliphatic carbocycles. The lowest BCUT2D eigenvalue weighted by molar-refractivity contribution is 0.102. The van der Waals surface area contributed by atoms with E-state index in [2.05, 4.69) is 17.4 Å². The molecule has 0 fully saturated rings. The van der Waals surface area contributed by atoms with Crippen molar-refractivity contribution in [2.24, 2.45) is 0 Å². The molecule has 0 unspecified atom stereocenters. The van der Waals surface area contributed by atoms with Crippen LogP contribution in [0.25, 0.3) is 0 Å². The van der Waals surface area contributed by atoms with Gasteiger partial charge >= 0.3 is 0 Å². The lowest BCUT2D eigenvalue weighted by atomic mass is 9.99. The molecular weight excluding hydrogens is 298 g/mol. The number of carbonyl (C=O) groups is 1. The summed E-state index contributed by atoms with van der Waals surface area (Å²) in [7, 11) is 0. The first-order chi connectivity index (χ1) is 11.8. The topological polar surface area (TPSA) is 49.3 Å². The second-order valence-corrected chi connectivity index (χ2v) is 5.63. The van der Waals surface area contributed by atoms with Crippen LogP contribution in [-0.2, 0) is 13.0 Å². The van der Waals surface area contributed by atoms with Crippen molar-refractivity contribution in [3.8, 4) is 0 Å². The molecule has 0 heterocycles. The summed E-state index contributed by atoms with van der Waals surface area (Å²) in [5.41, 5.74) is 4.27. The molecule has 2 N–H and O–H groups in total. The third kappa shape index (κ3) is 3.89. The molecule has 0 atom stereocenters. The number of hydrogen-bond donors (Lipinski definition) is 2. The Balaban J connectivity index is 1.82. The van der Waals surface area contributed by atoms with Gasteiger partial charge in [-0.25, -0.2) is 0 Å². The van der Waals surface area contributed by atoms with E-state index in [0.717, 1.165) is 11.1 Å². The van der Waals surface area contributed by atoms with E-state index < -0.39 is 0 Å². The van der Waals surface area contributed by atoms with Gasteiger partial charge in [0.25, 0.3) is 5.91 Å². The molecular formula is C21H19NO2. The van der Waals surface area contributed by atoms with Crippen LogP contribution < -0.4 is 5.32 Å². The maximum Gasteiger partial charge on any atom is 0.255 e. The fourth-order valence-corrected chi connectivity index (χ4v) is 2.66. The number of amides is 1. The lowest BCUT2D eigenvalue weighted by Gasteiger charge is -2.11. The van der Waals surface area contributed by atoms with E-state index in [1.807, 2.05) is 60.7 Å². The quantitative estimate of drug-likeness (QED) is 0.746. The minimum atomic E-state index is -0.142. The monoisotopic (exact) mass is 317 g/mol. The van der Waals surface area contributed by atoms with E-state index in [9.17, 15) is 9.90 Å². The summed E-state index contributed by atoms with van der Waals surface area (Å²) in [4.78, 5) is 12.7. The number of nitrogens with one attached hydrogen (secondary N) is 1. The second kappa shape index (κ2) is 7.57. The van der Waals surface area contributed by atoms with Crippen molar-refractivity contribution < 1.29 is 9.90 Å². The number of hydrogen-bond acceptors (Lipinski definition) is 2. The molecule has 3 aromatic rings. The van der Waals surface area contributed by atoms with Gasteiger partial charge in [0.2, 0.25) is 0 Å². The van der Waals surface area contributed by atoms with Crippen LogP contribution in [-0.4, -0.2) is 11.0 Å². The van der Waals surface area contributed by atoms with Crippen LogP contribution in [0.1, 0.15) is 27.0 Å². The maximum absolute atomic E-state index is 12.7. The molecule has 0 aromatic heterocycles. The Hall–Kier alpha value is -2.91. The largest absolute Gasteiger partial charge is 0.392 e. The second-order valence-electron chi connectivity index (χ2n) is 5.63. The van der Waals surface area contributed by atoms with Crippen LogP contribution in [0.15, 0.2) is 78.9 Å². The van der Waals surface area contributed by atoms with Gasteiger partial charge in [0.1, 0.15) is 0 Å². The molecule has 0 aliphatic rings. The molecule has 0 saturated heterocycles. The van der Waals surface area contributed by atoms with Gasteiger partial charge < -0.3 is 10.4 Å². The van der Waals surface area contributed by atoms with Crippen molar-refractivity contribution in [3.05, 3.63) is 101 Å². The van der Waals surface area contributed by atoms with Crippen LogP contribution >= 0.6 is 0 Å². The highest BCUT2D eigenvalue weighted by atomic mass is 16.3. The van der Waals surface area contributed by atoms with E-state index in [1.54, 1.807) is 6.07 Å². The van der Waals surface area contributed by atoms with E-state index in [-0.39, 0.29) is 12.5 Å². The number of carbonyl (C=O) groups excluding carboxylic acids is 1. The highest BCUT2D eigenvalue weighted by molar-refractivity contribution is 6.05. The van der Waals surface area contributed by atoms with Crippen LogP contribution in [0.3, 0.4) is 0 Å². The van der Waals surface area contributed by atoms with Gasteiger partial charge in [0.05, 0.1) is 6.61 Å². The molecule has 3 heteroatoms. The lowest BCUT2D eigenvalue weighted by Crippen LogP contribution is -2.14. The molecule has 0 radical (unpaired) electrons. The fourth-order valence-electron chi connectivity index (χ4n) is 2.66. The van der Waals surface area contributed by atoms with Gasteiger partial charge in [0, 0.05) is 11.3 Å². The SMILES string of the molecule is O=C(Nc1cccc(CO)c1)c1ccccc1Cc1ccccc1. The highest BCUT2D eigenvalue weighted by Crippen LogP contribution is 2.17. The summed E-state index contributed by atoms with van der Waals surface area (Å²) in [6, 6.07) is 24.9. The fraction of sp³-hybridized carbons (Fsp3) is 0.0952. The Morgan fingerprint density at radius 2 is 1.54 bits per heavy atom. The number of anilines is 1. The van der Waals surface area contributed by atoms with Crippen molar-refractivity contribution in [1.29, 1.82) is 0 Å². The molecule has 0 saturated carbocycles. The predicted octanol–water partition coefficient (Wildman–Crippen LogP) is 4.02. The third-order valence-corrected chi connectivity index (χ3v) is 3.87. The number of aliphatic hydroxyl groups excluding tert-OH is 1. The van der Waals surface area contributed by atoms with Crippen molar-refractivity contribution in [2.45, 2.75) is 13.0 Å². The van der Waals surface area contributed by atoms with Gasteiger partial charge in [0.15, 0.2) is 0 Å². The first-order valence-corrected chi connectivity index (χ1v) is 7.89. The first-order valence-electron chi connectivity index (χ1n) is 7.89. The van der Waals surface area contributed by atoms with Crippen LogP contribution in [0, 0.1) is 0 Å². The van der Waals surface area contributed by atoms with Crippen molar-refractivity contribution in [1.82, 2.24) is 0 Å². The average Bonchev–Trinajstić information content (AvgIpc) is 2.63. The smallest absolute Gasteiger partial charge is 0.255 e. The summed E-state index contributed by atoms with van der Waals surface area (Å²) >= 11 is 0. The van der Waals surface area contributed by atoms with E-state index >= 15 is 0 Å². The van der Waals surface area contributed by atoms with Gasteiger partial charge in [-0.2, -0.15) is 0 Å². The van der Waals surface area contributed by atoms with Gasteiger partial charge in [-0.3, -0.25) is 4.79 Å². The van der Waals surface area contributed by atoms with Crippen molar-refractivity contribution in [3.63, 3.8) is 0 Å². The Morgan fingerprint density at radius 1 is 0.833 bits per heavy atom. The van der Waals surface area contributed by atoms with E-state index in [4.69, 9.17) is 0 Å². The summed E-state index contributed by atoms with van der Waals surface area (Å²) in [5, 5.41) is 12.1. The van der Waals surface area contributed by atoms with Gasteiger partial charge in [-0.05, 0) is 41.3 Å². The van der Waals surface area contributed by atoms with E-state index in [0.29, 0.717) is 17.7 Å². The molecule has 0 spiro atoms. The molecule has 0 bridgehead atoms. The summed E-state index contributed by atoms with van der Waals surface area (Å²) in [6.07, 6.45) is 0.709. The maximum atomic E-state index is 12.7. The van der Waals surface area contributed by atoms with Crippen LogP contribution in [0.5, 0.6) is 0 Å². The van der Waals surface area contributed by atoms with Gasteiger partial charge in [-0.15, -0.1) is 0 Å². The third-order valence-electron chi connectivity index (χ3n) is 3.87. The Morgan fingerprint density at radius 3 is 2.33 bits per heavy atom. The minimum Gasteiger partial charge on any atom is -0.392 e. The number of rotatable bonds is 5. The average molecular weight is 317 g/mol. The molecule has 120 valence electrons. The minimum absolute atomic E-state index is 0.0473. The first kappa shape index (κ1) is 16.0. The zero-order valence-corrected chi connectivity index (χ0v) is 13.3. The summed E-state index contributed by atoms with van der Waals surface area (Å²) in [5.74, 6) is -0.142. The molecule has 3 aromatic carbocycles. The van der Waals surface area contributed by atoms with Crippen LogP contribution in [0.2, 0.25) is 0 Å². The van der Waals surface area contributed by atoms with Gasteiger partial charge in [-0.1, -0.05) is 60.7 Å². The Bertz CT molecular complexity index is 828. The molecule has 1 amide bonds. The van der Waals surface area contributed by atoms with Crippen molar-refractivity contribution >= 4 is 11.6 Å². The predicted molar refractivity (Wildman–Crippen MR) is 96.0 cm³/mol. The highest BCUT2D eigenvalue weighted by Gasteiger charge is 2.11. The number of aliphatic hydroxyl groups is 1. The Labute approximate surface area is 141 Å². The molecule has 0 aliphatic heterocycles. The van der Waals surface area contributed by atoms with E-state index in [1.165, 1.54) is 5.56 Å². The Kier molecular flexibility index (Phi) is 5.04. The zero-order chi connectivity index (χ0) is 16.8. The summed E-state index contributed by atoms with van der Waals surface area (Å²) in [6.45, 7) is -0.0473. The normalized spacial score (nSPS) is 10.4. The molecule has 3 rings (SSSR count).